The third kappa shape index (κ3) is 4.44. The molecule has 2 atom stereocenters. The van der Waals surface area contributed by atoms with Gasteiger partial charge in [-0.2, -0.15) is 0 Å². The van der Waals surface area contributed by atoms with E-state index in [9.17, 15) is 0 Å². The van der Waals surface area contributed by atoms with Crippen molar-refractivity contribution in [1.29, 1.82) is 0 Å². The molecular weight excluding hydrogens is 447 g/mol. The molecule has 0 aliphatic carbocycles. The molecule has 3 rings (SSSR count). The normalized spacial score (nSPS) is 19.6. The van der Waals surface area contributed by atoms with E-state index in [-0.39, 0.29) is 5.92 Å². The van der Waals surface area contributed by atoms with Crippen LogP contribution in [0.1, 0.15) is 11.1 Å². The highest BCUT2D eigenvalue weighted by Gasteiger charge is 2.34. The maximum Gasteiger partial charge on any atom is 0.163 e. The van der Waals surface area contributed by atoms with Gasteiger partial charge < -0.3 is 14.2 Å². The molecule has 0 amide bonds. The fourth-order valence-electron chi connectivity index (χ4n) is 3.24. The third-order valence-electron chi connectivity index (χ3n) is 4.63. The van der Waals surface area contributed by atoms with Crippen molar-refractivity contribution >= 4 is 39.9 Å². The second-order valence-corrected chi connectivity index (χ2v) is 7.87. The molecule has 25 heavy (non-hydrogen) atoms. The summed E-state index contributed by atoms with van der Waals surface area (Å²) in [5, 5.41) is 0.740. The smallest absolute Gasteiger partial charge is 0.163 e. The van der Waals surface area contributed by atoms with Gasteiger partial charge in [-0.05, 0) is 83.0 Å². The topological polar surface area (TPSA) is 27.7 Å². The second-order valence-electron chi connectivity index (χ2n) is 6.22. The van der Waals surface area contributed by atoms with Gasteiger partial charge in [0.05, 0.1) is 20.8 Å². The molecule has 0 bridgehead atoms. The fourth-order valence-corrected chi connectivity index (χ4v) is 3.94. The molecular formula is C20H21IO3S. The van der Waals surface area contributed by atoms with Crippen LogP contribution in [0.4, 0.5) is 0 Å². The van der Waals surface area contributed by atoms with Crippen molar-refractivity contribution < 1.29 is 14.2 Å². The fraction of sp³-hybridized carbons (Fsp3) is 0.350. The van der Waals surface area contributed by atoms with Crippen LogP contribution in [0.15, 0.2) is 42.5 Å². The van der Waals surface area contributed by atoms with Crippen LogP contribution >= 0.6 is 34.8 Å². The first-order valence-electron chi connectivity index (χ1n) is 8.22. The highest BCUT2D eigenvalue weighted by Crippen LogP contribution is 2.33. The van der Waals surface area contributed by atoms with Crippen molar-refractivity contribution in [2.75, 3.05) is 20.8 Å². The van der Waals surface area contributed by atoms with Crippen LogP contribution in [0.3, 0.4) is 0 Å². The molecule has 2 aromatic rings. The monoisotopic (exact) mass is 468 g/mol. The summed E-state index contributed by atoms with van der Waals surface area (Å²) in [7, 11) is 3.31. The average molecular weight is 468 g/mol. The number of ether oxygens (including phenoxy) is 3. The minimum absolute atomic E-state index is 0.267. The average Bonchev–Trinajstić information content (AvgIpc) is 2.96. The summed E-state index contributed by atoms with van der Waals surface area (Å²) < 4.78 is 17.7. The van der Waals surface area contributed by atoms with E-state index < -0.39 is 0 Å². The summed E-state index contributed by atoms with van der Waals surface area (Å²) in [6.07, 6.45) is 1.84. The molecule has 0 unspecified atom stereocenters. The number of methoxy groups -OCH3 is 2. The Bertz CT molecular complexity index is 745. The van der Waals surface area contributed by atoms with Crippen LogP contribution in [0.25, 0.3) is 0 Å². The van der Waals surface area contributed by atoms with E-state index in [0.717, 1.165) is 29.4 Å². The van der Waals surface area contributed by atoms with E-state index >= 15 is 0 Å². The highest BCUT2D eigenvalue weighted by molar-refractivity contribution is 14.1. The molecule has 0 aromatic heterocycles. The minimum atomic E-state index is 0.267. The van der Waals surface area contributed by atoms with E-state index in [1.54, 1.807) is 14.2 Å². The van der Waals surface area contributed by atoms with Gasteiger partial charge in [0.1, 0.15) is 0 Å². The number of thiocarbonyl (C=S) groups is 1. The number of halogens is 1. The molecule has 1 heterocycles. The van der Waals surface area contributed by atoms with Gasteiger partial charge in [-0.15, -0.1) is 0 Å². The van der Waals surface area contributed by atoms with E-state index in [1.807, 2.05) is 12.1 Å². The van der Waals surface area contributed by atoms with Gasteiger partial charge in [-0.25, -0.2) is 0 Å². The van der Waals surface area contributed by atoms with Gasteiger partial charge in [0, 0.05) is 15.4 Å². The van der Waals surface area contributed by atoms with Crippen molar-refractivity contribution in [3.63, 3.8) is 0 Å². The Morgan fingerprint density at radius 1 is 1.00 bits per heavy atom. The molecule has 2 aromatic carbocycles. The summed E-state index contributed by atoms with van der Waals surface area (Å²) >= 11 is 7.80. The summed E-state index contributed by atoms with van der Waals surface area (Å²) in [6.45, 7) is 0.683. The zero-order chi connectivity index (χ0) is 17.8. The number of hydrogen-bond acceptors (Lipinski definition) is 4. The molecule has 5 heteroatoms. The SMILES string of the molecule is COc1ccc(C[C@H]2COC(=S)[C@@H]2Cc2ccc(I)cc2)cc1OC. The summed E-state index contributed by atoms with van der Waals surface area (Å²) in [4.78, 5) is 0. The molecule has 0 N–H and O–H groups in total. The van der Waals surface area contributed by atoms with Crippen molar-refractivity contribution in [2.24, 2.45) is 11.8 Å². The second kappa shape index (κ2) is 8.36. The van der Waals surface area contributed by atoms with Crippen molar-refractivity contribution in [3.05, 3.63) is 57.2 Å². The molecule has 1 aliphatic heterocycles. The maximum atomic E-state index is 5.72. The largest absolute Gasteiger partial charge is 0.493 e. The Kier molecular flexibility index (Phi) is 6.17. The van der Waals surface area contributed by atoms with E-state index in [2.05, 4.69) is 52.9 Å². The standard InChI is InChI=1S/C20H21IO3S/c1-22-18-8-5-14(11-19(18)23-2)9-15-12-24-20(25)17(15)10-13-3-6-16(21)7-4-13/h3-8,11,15,17H,9-10,12H2,1-2H3/t15-,17+/m0/s1. The molecule has 1 saturated heterocycles. The molecule has 0 spiro atoms. The zero-order valence-electron chi connectivity index (χ0n) is 14.3. The predicted octanol–water partition coefficient (Wildman–Crippen LogP) is 4.68. The third-order valence-corrected chi connectivity index (χ3v) is 5.77. The van der Waals surface area contributed by atoms with Crippen LogP contribution < -0.4 is 9.47 Å². The summed E-state index contributed by atoms with van der Waals surface area (Å²) in [6, 6.07) is 14.7. The lowest BCUT2D eigenvalue weighted by Crippen LogP contribution is -2.19. The van der Waals surface area contributed by atoms with Crippen molar-refractivity contribution in [3.8, 4) is 11.5 Å². The first kappa shape index (κ1) is 18.5. The van der Waals surface area contributed by atoms with Crippen LogP contribution in [0.2, 0.25) is 0 Å². The molecule has 132 valence electrons. The first-order chi connectivity index (χ1) is 12.1. The van der Waals surface area contributed by atoms with Crippen molar-refractivity contribution in [1.82, 2.24) is 0 Å². The lowest BCUT2D eigenvalue weighted by molar-refractivity contribution is 0.294. The highest BCUT2D eigenvalue weighted by atomic mass is 127. The van der Waals surface area contributed by atoms with Crippen molar-refractivity contribution in [2.45, 2.75) is 12.8 Å². The van der Waals surface area contributed by atoms with Crippen LogP contribution in [-0.2, 0) is 17.6 Å². The van der Waals surface area contributed by atoms with Gasteiger partial charge in [0.15, 0.2) is 16.5 Å². The van der Waals surface area contributed by atoms with Gasteiger partial charge in [0.25, 0.3) is 0 Å². The Labute approximate surface area is 167 Å². The lowest BCUT2D eigenvalue weighted by atomic mass is 9.85. The Hall–Kier alpha value is -1.34. The number of benzene rings is 2. The van der Waals surface area contributed by atoms with Gasteiger partial charge in [-0.1, -0.05) is 18.2 Å². The molecule has 0 saturated carbocycles. The first-order valence-corrected chi connectivity index (χ1v) is 9.71. The molecule has 1 fully saturated rings. The van der Waals surface area contributed by atoms with E-state index in [4.69, 9.17) is 26.4 Å². The van der Waals surface area contributed by atoms with E-state index in [0.29, 0.717) is 12.5 Å². The zero-order valence-corrected chi connectivity index (χ0v) is 17.3. The van der Waals surface area contributed by atoms with Crippen LogP contribution in [0, 0.1) is 15.4 Å². The number of hydrogen-bond donors (Lipinski definition) is 0. The lowest BCUT2D eigenvalue weighted by Gasteiger charge is -2.17. The minimum Gasteiger partial charge on any atom is -0.493 e. The Morgan fingerprint density at radius 3 is 2.36 bits per heavy atom. The number of rotatable bonds is 6. The molecule has 3 nitrogen and oxygen atoms in total. The van der Waals surface area contributed by atoms with Gasteiger partial charge in [-0.3, -0.25) is 0 Å². The van der Waals surface area contributed by atoms with E-state index in [1.165, 1.54) is 14.7 Å². The Balaban J connectivity index is 1.74. The van der Waals surface area contributed by atoms with Gasteiger partial charge in [0.2, 0.25) is 0 Å². The maximum absolute atomic E-state index is 5.72. The molecule has 0 radical (unpaired) electrons. The van der Waals surface area contributed by atoms with Crippen LogP contribution in [0.5, 0.6) is 11.5 Å². The predicted molar refractivity (Wildman–Crippen MR) is 112 cm³/mol. The Morgan fingerprint density at radius 2 is 1.68 bits per heavy atom. The molecule has 1 aliphatic rings. The summed E-state index contributed by atoms with van der Waals surface area (Å²) in [5.41, 5.74) is 2.51. The quantitative estimate of drug-likeness (QED) is 0.455. The van der Waals surface area contributed by atoms with Gasteiger partial charge >= 0.3 is 0 Å². The summed E-state index contributed by atoms with van der Waals surface area (Å²) in [5.74, 6) is 2.16. The van der Waals surface area contributed by atoms with Crippen LogP contribution in [-0.4, -0.2) is 25.9 Å².